The predicted octanol–water partition coefficient (Wildman–Crippen LogP) is 1.91. The predicted molar refractivity (Wildman–Crippen MR) is 73.0 cm³/mol. The summed E-state index contributed by atoms with van der Waals surface area (Å²) in [4.78, 5) is 11.2. The highest BCUT2D eigenvalue weighted by Gasteiger charge is 2.18. The first-order valence-corrected chi connectivity index (χ1v) is 6.74. The first-order valence-electron chi connectivity index (χ1n) is 6.74. The SMILES string of the molecule is COC(=O)C(N)Cc1ccc(OCC2CCC2)cc1. The molecule has 19 heavy (non-hydrogen) atoms. The molecular formula is C15H21NO3. The molecule has 1 aromatic rings. The quantitative estimate of drug-likeness (QED) is 0.796. The van der Waals surface area contributed by atoms with E-state index in [2.05, 4.69) is 4.74 Å². The Labute approximate surface area is 113 Å². The lowest BCUT2D eigenvalue weighted by molar-refractivity contribution is -0.142. The van der Waals surface area contributed by atoms with Crippen molar-refractivity contribution in [1.82, 2.24) is 0 Å². The number of esters is 1. The Kier molecular flexibility index (Phi) is 4.80. The number of benzene rings is 1. The van der Waals surface area contributed by atoms with E-state index in [0.717, 1.165) is 23.8 Å². The summed E-state index contributed by atoms with van der Waals surface area (Å²) in [6.07, 6.45) is 4.38. The molecule has 0 saturated heterocycles. The van der Waals surface area contributed by atoms with Crippen molar-refractivity contribution in [3.8, 4) is 5.75 Å². The molecule has 0 amide bonds. The first-order chi connectivity index (χ1) is 9.19. The molecule has 0 bridgehead atoms. The van der Waals surface area contributed by atoms with Crippen molar-refractivity contribution in [3.63, 3.8) is 0 Å². The lowest BCUT2D eigenvalue weighted by Gasteiger charge is -2.25. The number of carbonyl (C=O) groups excluding carboxylic acids is 1. The number of carbonyl (C=O) groups is 1. The van der Waals surface area contributed by atoms with Gasteiger partial charge in [0.2, 0.25) is 0 Å². The van der Waals surface area contributed by atoms with E-state index in [0.29, 0.717) is 6.42 Å². The smallest absolute Gasteiger partial charge is 0.322 e. The molecule has 0 aromatic heterocycles. The van der Waals surface area contributed by atoms with Crippen LogP contribution in [0.5, 0.6) is 5.75 Å². The maximum atomic E-state index is 11.2. The van der Waals surface area contributed by atoms with E-state index in [1.54, 1.807) is 0 Å². The standard InChI is InChI=1S/C15H21NO3/c1-18-15(17)14(16)9-11-5-7-13(8-6-11)19-10-12-3-2-4-12/h5-8,12,14H,2-4,9-10,16H2,1H3. The molecule has 4 nitrogen and oxygen atoms in total. The Morgan fingerprint density at radius 1 is 1.37 bits per heavy atom. The summed E-state index contributed by atoms with van der Waals surface area (Å²) in [5.74, 6) is 1.22. The topological polar surface area (TPSA) is 61.5 Å². The van der Waals surface area contributed by atoms with Crippen LogP contribution in [0.1, 0.15) is 24.8 Å². The zero-order valence-electron chi connectivity index (χ0n) is 11.3. The number of methoxy groups -OCH3 is 1. The van der Waals surface area contributed by atoms with Crippen LogP contribution < -0.4 is 10.5 Å². The van der Waals surface area contributed by atoms with E-state index in [9.17, 15) is 4.79 Å². The molecule has 0 aliphatic heterocycles. The van der Waals surface area contributed by atoms with Crippen molar-refractivity contribution >= 4 is 5.97 Å². The van der Waals surface area contributed by atoms with Crippen molar-refractivity contribution in [3.05, 3.63) is 29.8 Å². The van der Waals surface area contributed by atoms with Gasteiger partial charge >= 0.3 is 5.97 Å². The summed E-state index contributed by atoms with van der Waals surface area (Å²) < 4.78 is 10.3. The van der Waals surface area contributed by atoms with Crippen LogP contribution >= 0.6 is 0 Å². The van der Waals surface area contributed by atoms with Gasteiger partial charge in [-0.2, -0.15) is 0 Å². The van der Waals surface area contributed by atoms with Crippen LogP contribution in [0.3, 0.4) is 0 Å². The Hall–Kier alpha value is -1.55. The Balaban J connectivity index is 1.81. The molecule has 1 unspecified atom stereocenters. The van der Waals surface area contributed by atoms with Crippen LogP contribution in [0.25, 0.3) is 0 Å². The minimum atomic E-state index is -0.605. The minimum Gasteiger partial charge on any atom is -0.493 e. The highest BCUT2D eigenvalue weighted by Crippen LogP contribution is 2.27. The zero-order chi connectivity index (χ0) is 13.7. The van der Waals surface area contributed by atoms with Gasteiger partial charge in [-0.1, -0.05) is 18.6 Å². The van der Waals surface area contributed by atoms with E-state index < -0.39 is 6.04 Å². The highest BCUT2D eigenvalue weighted by molar-refractivity contribution is 5.75. The monoisotopic (exact) mass is 263 g/mol. The second-order valence-corrected chi connectivity index (χ2v) is 5.09. The van der Waals surface area contributed by atoms with Crippen molar-refractivity contribution in [2.45, 2.75) is 31.7 Å². The molecule has 1 atom stereocenters. The zero-order valence-corrected chi connectivity index (χ0v) is 11.3. The summed E-state index contributed by atoms with van der Waals surface area (Å²) in [5, 5.41) is 0. The number of ether oxygens (including phenoxy) is 2. The van der Waals surface area contributed by atoms with E-state index in [-0.39, 0.29) is 5.97 Å². The lowest BCUT2D eigenvalue weighted by Crippen LogP contribution is -2.33. The second-order valence-electron chi connectivity index (χ2n) is 5.09. The third kappa shape index (κ3) is 3.96. The van der Waals surface area contributed by atoms with Crippen LogP contribution in [0.4, 0.5) is 0 Å². The van der Waals surface area contributed by atoms with Crippen LogP contribution in [0.15, 0.2) is 24.3 Å². The number of hydrogen-bond donors (Lipinski definition) is 1. The molecular weight excluding hydrogens is 242 g/mol. The molecule has 0 spiro atoms. The van der Waals surface area contributed by atoms with Crippen molar-refractivity contribution in [2.24, 2.45) is 11.7 Å². The van der Waals surface area contributed by atoms with Gasteiger partial charge in [0.15, 0.2) is 0 Å². The molecule has 2 N–H and O–H groups in total. The van der Waals surface area contributed by atoms with Gasteiger partial charge in [-0.05, 0) is 42.9 Å². The van der Waals surface area contributed by atoms with Gasteiger partial charge in [0, 0.05) is 0 Å². The molecule has 104 valence electrons. The number of rotatable bonds is 6. The summed E-state index contributed by atoms with van der Waals surface area (Å²) in [7, 11) is 1.35. The number of hydrogen-bond acceptors (Lipinski definition) is 4. The fourth-order valence-corrected chi connectivity index (χ4v) is 2.08. The Morgan fingerprint density at radius 2 is 2.05 bits per heavy atom. The molecule has 0 heterocycles. The first kappa shape index (κ1) is 13.9. The van der Waals surface area contributed by atoms with Gasteiger partial charge in [0.1, 0.15) is 11.8 Å². The second kappa shape index (κ2) is 6.57. The summed E-state index contributed by atoms with van der Waals surface area (Å²) >= 11 is 0. The van der Waals surface area contributed by atoms with Gasteiger partial charge in [-0.15, -0.1) is 0 Å². The average Bonchev–Trinajstić information content (AvgIpc) is 2.38. The normalized spacial score (nSPS) is 16.5. The van der Waals surface area contributed by atoms with Gasteiger partial charge < -0.3 is 15.2 Å². The molecule has 4 heteroatoms. The maximum Gasteiger partial charge on any atom is 0.322 e. The molecule has 1 aliphatic carbocycles. The minimum absolute atomic E-state index is 0.384. The van der Waals surface area contributed by atoms with Crippen molar-refractivity contribution < 1.29 is 14.3 Å². The summed E-state index contributed by atoms with van der Waals surface area (Å²) in [6.45, 7) is 0.807. The molecule has 0 radical (unpaired) electrons. The van der Waals surface area contributed by atoms with Crippen molar-refractivity contribution in [2.75, 3.05) is 13.7 Å². The molecule has 1 saturated carbocycles. The summed E-state index contributed by atoms with van der Waals surface area (Å²) in [6, 6.07) is 7.14. The van der Waals surface area contributed by atoms with E-state index in [4.69, 9.17) is 10.5 Å². The Morgan fingerprint density at radius 3 is 2.58 bits per heavy atom. The van der Waals surface area contributed by atoms with E-state index in [1.807, 2.05) is 24.3 Å². The Bertz CT molecular complexity index is 412. The van der Waals surface area contributed by atoms with Crippen LogP contribution in [-0.4, -0.2) is 25.7 Å². The molecule has 1 fully saturated rings. The van der Waals surface area contributed by atoms with Crippen LogP contribution in [-0.2, 0) is 16.0 Å². The van der Waals surface area contributed by atoms with E-state index >= 15 is 0 Å². The average molecular weight is 263 g/mol. The molecule has 2 rings (SSSR count). The van der Waals surface area contributed by atoms with Gasteiger partial charge in [0.05, 0.1) is 13.7 Å². The highest BCUT2D eigenvalue weighted by atomic mass is 16.5. The van der Waals surface area contributed by atoms with Gasteiger partial charge in [-0.3, -0.25) is 4.79 Å². The third-order valence-corrected chi connectivity index (χ3v) is 3.59. The fourth-order valence-electron chi connectivity index (χ4n) is 2.08. The lowest BCUT2D eigenvalue weighted by atomic mass is 9.86. The van der Waals surface area contributed by atoms with E-state index in [1.165, 1.54) is 26.4 Å². The molecule has 1 aliphatic rings. The van der Waals surface area contributed by atoms with Crippen LogP contribution in [0.2, 0.25) is 0 Å². The molecule has 1 aromatic carbocycles. The van der Waals surface area contributed by atoms with Gasteiger partial charge in [0.25, 0.3) is 0 Å². The van der Waals surface area contributed by atoms with Gasteiger partial charge in [-0.25, -0.2) is 0 Å². The van der Waals surface area contributed by atoms with Crippen molar-refractivity contribution in [1.29, 1.82) is 0 Å². The summed E-state index contributed by atoms with van der Waals surface area (Å²) in [5.41, 5.74) is 6.72. The number of nitrogens with two attached hydrogens (primary N) is 1. The fraction of sp³-hybridized carbons (Fsp3) is 0.533. The maximum absolute atomic E-state index is 11.2. The largest absolute Gasteiger partial charge is 0.493 e. The van der Waals surface area contributed by atoms with Crippen LogP contribution in [0, 0.1) is 5.92 Å². The third-order valence-electron chi connectivity index (χ3n) is 3.59.